The van der Waals surface area contributed by atoms with E-state index in [2.05, 4.69) is 17.3 Å². The predicted octanol–water partition coefficient (Wildman–Crippen LogP) is 2.82. The molecule has 2 rings (SSSR count). The van der Waals surface area contributed by atoms with Gasteiger partial charge >= 0.3 is 0 Å². The molecule has 2 aromatic rings. The van der Waals surface area contributed by atoms with Gasteiger partial charge in [0.15, 0.2) is 0 Å². The molecule has 0 amide bonds. The molecule has 1 heterocycles. The Labute approximate surface area is 107 Å². The molecular weight excluding hydrogens is 229 g/mol. The van der Waals surface area contributed by atoms with Gasteiger partial charge < -0.3 is 5.32 Å². The fourth-order valence-corrected chi connectivity index (χ4v) is 1.96. The van der Waals surface area contributed by atoms with Crippen LogP contribution in [-0.4, -0.2) is 16.8 Å². The molecule has 4 heteroatoms. The van der Waals surface area contributed by atoms with E-state index in [0.717, 1.165) is 24.1 Å². The Morgan fingerprint density at radius 2 is 2.22 bits per heavy atom. The average Bonchev–Trinajstić information content (AvgIpc) is 2.78. The molecule has 0 bridgehead atoms. The van der Waals surface area contributed by atoms with Gasteiger partial charge in [0, 0.05) is 30.4 Å². The molecule has 1 aromatic heterocycles. The third kappa shape index (κ3) is 2.76. The summed E-state index contributed by atoms with van der Waals surface area (Å²) in [6, 6.07) is 5.32. The van der Waals surface area contributed by atoms with Crippen molar-refractivity contribution in [2.24, 2.45) is 0 Å². The van der Waals surface area contributed by atoms with Crippen LogP contribution in [0.5, 0.6) is 0 Å². The smallest absolute Gasteiger partial charge is 0.131 e. The average molecular weight is 247 g/mol. The largest absolute Gasteiger partial charge is 0.316 e. The first-order valence-corrected chi connectivity index (χ1v) is 6.20. The predicted molar refractivity (Wildman–Crippen MR) is 70.7 cm³/mol. The number of hydrogen-bond donors (Lipinski definition) is 1. The van der Waals surface area contributed by atoms with Crippen LogP contribution in [0.4, 0.5) is 4.39 Å². The summed E-state index contributed by atoms with van der Waals surface area (Å²) in [5, 5.41) is 7.23. The lowest BCUT2D eigenvalue weighted by Gasteiger charge is -2.04. The molecule has 0 aliphatic rings. The van der Waals surface area contributed by atoms with Gasteiger partial charge in [-0.15, -0.1) is 0 Å². The number of aromatic nitrogens is 2. The van der Waals surface area contributed by atoms with Crippen molar-refractivity contribution in [2.75, 3.05) is 7.05 Å². The molecule has 3 nitrogen and oxygen atoms in total. The summed E-state index contributed by atoms with van der Waals surface area (Å²) in [5.41, 5.74) is 2.38. The van der Waals surface area contributed by atoms with E-state index in [1.165, 1.54) is 0 Å². The Kier molecular flexibility index (Phi) is 4.10. The van der Waals surface area contributed by atoms with Gasteiger partial charge in [0.25, 0.3) is 0 Å². The van der Waals surface area contributed by atoms with Crippen LogP contribution in [0.2, 0.25) is 0 Å². The van der Waals surface area contributed by atoms with Gasteiger partial charge in [0.05, 0.1) is 6.20 Å². The molecule has 1 aromatic carbocycles. The zero-order valence-corrected chi connectivity index (χ0v) is 10.8. The zero-order valence-electron chi connectivity index (χ0n) is 10.8. The van der Waals surface area contributed by atoms with Crippen LogP contribution in [0.3, 0.4) is 0 Å². The van der Waals surface area contributed by atoms with Gasteiger partial charge in [-0.05, 0) is 25.1 Å². The van der Waals surface area contributed by atoms with E-state index in [4.69, 9.17) is 0 Å². The van der Waals surface area contributed by atoms with E-state index in [-0.39, 0.29) is 5.82 Å². The number of nitrogens with one attached hydrogen (secondary N) is 1. The molecular formula is C14H18FN3. The Hall–Kier alpha value is -1.68. The summed E-state index contributed by atoms with van der Waals surface area (Å²) in [4.78, 5) is 0. The highest BCUT2D eigenvalue weighted by Crippen LogP contribution is 2.23. The highest BCUT2D eigenvalue weighted by atomic mass is 19.1. The van der Waals surface area contributed by atoms with E-state index in [1.54, 1.807) is 12.3 Å². The summed E-state index contributed by atoms with van der Waals surface area (Å²) >= 11 is 0. The summed E-state index contributed by atoms with van der Waals surface area (Å²) in [7, 11) is 1.85. The van der Waals surface area contributed by atoms with Gasteiger partial charge in [-0.3, -0.25) is 4.68 Å². The minimum Gasteiger partial charge on any atom is -0.316 e. The standard InChI is InChI=1S/C14H18FN3/c1-3-6-18-10-12(9-17-18)13-5-4-11(8-16-2)7-14(13)15/h4-5,7,9-10,16H,3,6,8H2,1-2H3. The minimum atomic E-state index is -0.196. The number of nitrogens with zero attached hydrogens (tertiary/aromatic N) is 2. The van der Waals surface area contributed by atoms with Crippen LogP contribution < -0.4 is 5.32 Å². The van der Waals surface area contributed by atoms with Gasteiger partial charge in [0.1, 0.15) is 5.82 Å². The van der Waals surface area contributed by atoms with Crippen molar-refractivity contribution in [1.82, 2.24) is 15.1 Å². The van der Waals surface area contributed by atoms with Gasteiger partial charge in [0.2, 0.25) is 0 Å². The fourth-order valence-electron chi connectivity index (χ4n) is 1.96. The van der Waals surface area contributed by atoms with Crippen LogP contribution in [0, 0.1) is 5.82 Å². The number of halogens is 1. The maximum Gasteiger partial charge on any atom is 0.131 e. The van der Waals surface area contributed by atoms with Crippen molar-refractivity contribution in [1.29, 1.82) is 0 Å². The SMILES string of the molecule is CCCn1cc(-c2ccc(CNC)cc2F)cn1. The Bertz CT molecular complexity index is 520. The number of rotatable bonds is 5. The lowest BCUT2D eigenvalue weighted by molar-refractivity contribution is 0.602. The topological polar surface area (TPSA) is 29.9 Å². The lowest BCUT2D eigenvalue weighted by Crippen LogP contribution is -2.05. The second-order valence-corrected chi connectivity index (χ2v) is 4.34. The molecule has 0 spiro atoms. The van der Waals surface area contributed by atoms with Crippen molar-refractivity contribution in [3.8, 4) is 11.1 Å². The molecule has 0 aliphatic heterocycles. The number of hydrogen-bond acceptors (Lipinski definition) is 2. The summed E-state index contributed by atoms with van der Waals surface area (Å²) in [5.74, 6) is -0.196. The van der Waals surface area contributed by atoms with E-state index >= 15 is 0 Å². The number of aryl methyl sites for hydroxylation is 1. The first-order valence-electron chi connectivity index (χ1n) is 6.20. The molecule has 96 valence electrons. The molecule has 0 saturated heterocycles. The Morgan fingerprint density at radius 1 is 1.39 bits per heavy atom. The van der Waals surface area contributed by atoms with E-state index < -0.39 is 0 Å². The van der Waals surface area contributed by atoms with Crippen molar-refractivity contribution in [2.45, 2.75) is 26.4 Å². The second-order valence-electron chi connectivity index (χ2n) is 4.34. The molecule has 1 N–H and O–H groups in total. The normalized spacial score (nSPS) is 10.8. The van der Waals surface area contributed by atoms with Crippen LogP contribution in [-0.2, 0) is 13.1 Å². The molecule has 0 aliphatic carbocycles. The maximum atomic E-state index is 14.0. The Balaban J connectivity index is 2.26. The molecule has 18 heavy (non-hydrogen) atoms. The van der Waals surface area contributed by atoms with E-state index in [1.807, 2.05) is 30.1 Å². The Morgan fingerprint density at radius 3 is 2.89 bits per heavy atom. The summed E-state index contributed by atoms with van der Waals surface area (Å²) in [6.45, 7) is 3.63. The van der Waals surface area contributed by atoms with Crippen molar-refractivity contribution in [3.63, 3.8) is 0 Å². The van der Waals surface area contributed by atoms with Gasteiger partial charge in [-0.2, -0.15) is 5.10 Å². The highest BCUT2D eigenvalue weighted by Gasteiger charge is 2.08. The van der Waals surface area contributed by atoms with Crippen LogP contribution in [0.15, 0.2) is 30.6 Å². The molecule has 0 saturated carbocycles. The van der Waals surface area contributed by atoms with Crippen molar-refractivity contribution >= 4 is 0 Å². The molecule has 0 fully saturated rings. The highest BCUT2D eigenvalue weighted by molar-refractivity contribution is 5.62. The lowest BCUT2D eigenvalue weighted by atomic mass is 10.1. The molecule has 0 atom stereocenters. The second kappa shape index (κ2) is 5.78. The monoisotopic (exact) mass is 247 g/mol. The fraction of sp³-hybridized carbons (Fsp3) is 0.357. The van der Waals surface area contributed by atoms with Crippen LogP contribution in [0.1, 0.15) is 18.9 Å². The van der Waals surface area contributed by atoms with Gasteiger partial charge in [-0.1, -0.05) is 19.1 Å². The maximum absolute atomic E-state index is 14.0. The van der Waals surface area contributed by atoms with E-state index in [0.29, 0.717) is 12.1 Å². The van der Waals surface area contributed by atoms with Crippen molar-refractivity contribution in [3.05, 3.63) is 42.0 Å². The first kappa shape index (κ1) is 12.8. The summed E-state index contributed by atoms with van der Waals surface area (Å²) in [6.07, 6.45) is 4.62. The quantitative estimate of drug-likeness (QED) is 0.880. The van der Waals surface area contributed by atoms with Crippen LogP contribution >= 0.6 is 0 Å². The third-order valence-corrected chi connectivity index (χ3v) is 2.81. The zero-order chi connectivity index (χ0) is 13.0. The van der Waals surface area contributed by atoms with Crippen molar-refractivity contribution < 1.29 is 4.39 Å². The minimum absolute atomic E-state index is 0.196. The summed E-state index contributed by atoms with van der Waals surface area (Å²) < 4.78 is 15.8. The molecule has 0 radical (unpaired) electrons. The van der Waals surface area contributed by atoms with Crippen LogP contribution in [0.25, 0.3) is 11.1 Å². The third-order valence-electron chi connectivity index (χ3n) is 2.81. The molecule has 0 unspecified atom stereocenters. The van der Waals surface area contributed by atoms with E-state index in [9.17, 15) is 4.39 Å². The first-order chi connectivity index (χ1) is 8.74. The number of benzene rings is 1. The van der Waals surface area contributed by atoms with Gasteiger partial charge in [-0.25, -0.2) is 4.39 Å².